The van der Waals surface area contributed by atoms with Crippen LogP contribution < -0.4 is 4.74 Å². The first kappa shape index (κ1) is 15.3. The monoisotopic (exact) mass is 277 g/mol. The van der Waals surface area contributed by atoms with Gasteiger partial charge in [0.15, 0.2) is 0 Å². The fourth-order valence-corrected chi connectivity index (χ4v) is 2.99. The summed E-state index contributed by atoms with van der Waals surface area (Å²) in [6.45, 7) is 9.05. The molecule has 1 saturated heterocycles. The molecule has 112 valence electrons. The fourth-order valence-electron chi connectivity index (χ4n) is 2.99. The molecule has 3 nitrogen and oxygen atoms in total. The van der Waals surface area contributed by atoms with Crippen LogP contribution in [-0.4, -0.2) is 35.2 Å². The molecule has 1 aliphatic heterocycles. The van der Waals surface area contributed by atoms with Crippen LogP contribution in [0.25, 0.3) is 0 Å². The summed E-state index contributed by atoms with van der Waals surface area (Å²) < 4.78 is 5.53. The van der Waals surface area contributed by atoms with E-state index in [1.54, 1.807) is 0 Å². The molecule has 0 radical (unpaired) electrons. The van der Waals surface area contributed by atoms with Crippen molar-refractivity contribution in [2.45, 2.75) is 51.7 Å². The van der Waals surface area contributed by atoms with Gasteiger partial charge in [0.25, 0.3) is 0 Å². The lowest BCUT2D eigenvalue weighted by Crippen LogP contribution is -2.50. The third-order valence-electron chi connectivity index (χ3n) is 4.33. The van der Waals surface area contributed by atoms with E-state index in [0.29, 0.717) is 6.61 Å². The Morgan fingerprint density at radius 2 is 1.95 bits per heavy atom. The number of rotatable bonds is 5. The van der Waals surface area contributed by atoms with Gasteiger partial charge >= 0.3 is 0 Å². The molecular weight excluding hydrogens is 250 g/mol. The van der Waals surface area contributed by atoms with E-state index >= 15 is 0 Å². The standard InChI is InChI=1S/C17H27NO2/c1-4-20-15-10-8-9-14(13-15)16(19)17(2,3)18-11-6-5-7-12-18/h8-10,13,16,19H,4-7,11-12H2,1-3H3. The highest BCUT2D eigenvalue weighted by Crippen LogP contribution is 2.34. The van der Waals surface area contributed by atoms with E-state index in [1.807, 2.05) is 31.2 Å². The summed E-state index contributed by atoms with van der Waals surface area (Å²) >= 11 is 0. The van der Waals surface area contributed by atoms with Crippen molar-refractivity contribution in [1.29, 1.82) is 0 Å². The van der Waals surface area contributed by atoms with Gasteiger partial charge in [-0.25, -0.2) is 0 Å². The van der Waals surface area contributed by atoms with Gasteiger partial charge < -0.3 is 9.84 Å². The zero-order valence-corrected chi connectivity index (χ0v) is 12.9. The zero-order chi connectivity index (χ0) is 14.6. The van der Waals surface area contributed by atoms with Crippen molar-refractivity contribution in [3.63, 3.8) is 0 Å². The van der Waals surface area contributed by atoms with Gasteiger partial charge in [0, 0.05) is 5.54 Å². The van der Waals surface area contributed by atoms with Gasteiger partial charge in [0.2, 0.25) is 0 Å². The van der Waals surface area contributed by atoms with Crippen molar-refractivity contribution in [1.82, 2.24) is 4.90 Å². The van der Waals surface area contributed by atoms with Crippen LogP contribution in [0.5, 0.6) is 5.75 Å². The Morgan fingerprint density at radius 1 is 1.25 bits per heavy atom. The molecule has 1 aliphatic rings. The van der Waals surface area contributed by atoms with Crippen LogP contribution in [0.15, 0.2) is 24.3 Å². The number of hydrogen-bond donors (Lipinski definition) is 1. The molecule has 2 rings (SSSR count). The third kappa shape index (κ3) is 3.33. The Kier molecular flexibility index (Phi) is 5.06. The molecule has 0 aromatic heterocycles. The van der Waals surface area contributed by atoms with Crippen LogP contribution >= 0.6 is 0 Å². The molecule has 1 heterocycles. The maximum atomic E-state index is 10.8. The van der Waals surface area contributed by atoms with Crippen molar-refractivity contribution in [3.8, 4) is 5.75 Å². The second-order valence-corrected chi connectivity index (χ2v) is 6.11. The number of likely N-dealkylation sites (tertiary alicyclic amines) is 1. The first-order valence-electron chi connectivity index (χ1n) is 7.71. The van der Waals surface area contributed by atoms with E-state index in [1.165, 1.54) is 19.3 Å². The van der Waals surface area contributed by atoms with Crippen LogP contribution in [0.1, 0.15) is 51.7 Å². The highest BCUT2D eigenvalue weighted by atomic mass is 16.5. The van der Waals surface area contributed by atoms with Crippen molar-refractivity contribution in [2.24, 2.45) is 0 Å². The summed E-state index contributed by atoms with van der Waals surface area (Å²) in [5.41, 5.74) is 0.692. The Labute approximate surface area is 122 Å². The van der Waals surface area contributed by atoms with Gasteiger partial charge in [-0.3, -0.25) is 4.90 Å². The molecule has 1 N–H and O–H groups in total. The molecule has 0 aliphatic carbocycles. The summed E-state index contributed by atoms with van der Waals surface area (Å²) in [6.07, 6.45) is 3.27. The normalized spacial score (nSPS) is 18.8. The first-order valence-corrected chi connectivity index (χ1v) is 7.71. The van der Waals surface area contributed by atoms with E-state index in [-0.39, 0.29) is 5.54 Å². The summed E-state index contributed by atoms with van der Waals surface area (Å²) in [4.78, 5) is 2.41. The molecule has 0 amide bonds. The molecule has 0 bridgehead atoms. The maximum absolute atomic E-state index is 10.8. The number of aliphatic hydroxyl groups excluding tert-OH is 1. The van der Waals surface area contributed by atoms with E-state index < -0.39 is 6.10 Å². The lowest BCUT2D eigenvalue weighted by molar-refractivity contribution is -0.0209. The summed E-state index contributed by atoms with van der Waals surface area (Å²) in [6, 6.07) is 7.84. The van der Waals surface area contributed by atoms with Gasteiger partial charge in [-0.2, -0.15) is 0 Å². The Bertz CT molecular complexity index is 425. The molecule has 1 fully saturated rings. The average Bonchev–Trinajstić information content (AvgIpc) is 2.48. The highest BCUT2D eigenvalue weighted by Gasteiger charge is 2.35. The van der Waals surface area contributed by atoms with E-state index in [4.69, 9.17) is 4.74 Å². The topological polar surface area (TPSA) is 32.7 Å². The van der Waals surface area contributed by atoms with E-state index in [0.717, 1.165) is 24.4 Å². The number of aliphatic hydroxyl groups is 1. The number of hydrogen-bond acceptors (Lipinski definition) is 3. The van der Waals surface area contributed by atoms with Crippen molar-refractivity contribution in [2.75, 3.05) is 19.7 Å². The number of ether oxygens (including phenoxy) is 1. The summed E-state index contributed by atoms with van der Waals surface area (Å²) in [5, 5.41) is 10.8. The minimum Gasteiger partial charge on any atom is -0.494 e. The molecular formula is C17H27NO2. The summed E-state index contributed by atoms with van der Waals surface area (Å²) in [7, 11) is 0. The number of nitrogens with zero attached hydrogens (tertiary/aromatic N) is 1. The van der Waals surface area contributed by atoms with Crippen molar-refractivity contribution >= 4 is 0 Å². The van der Waals surface area contributed by atoms with Crippen LogP contribution in [0.2, 0.25) is 0 Å². The van der Waals surface area contributed by atoms with Gasteiger partial charge in [-0.1, -0.05) is 18.6 Å². The largest absolute Gasteiger partial charge is 0.494 e. The van der Waals surface area contributed by atoms with Crippen LogP contribution in [0, 0.1) is 0 Å². The highest BCUT2D eigenvalue weighted by molar-refractivity contribution is 5.31. The van der Waals surface area contributed by atoms with Crippen molar-refractivity contribution < 1.29 is 9.84 Å². The van der Waals surface area contributed by atoms with Gasteiger partial charge in [0.05, 0.1) is 12.7 Å². The maximum Gasteiger partial charge on any atom is 0.119 e. The fraction of sp³-hybridized carbons (Fsp3) is 0.647. The van der Waals surface area contributed by atoms with E-state index in [2.05, 4.69) is 18.7 Å². The predicted octanol–water partition coefficient (Wildman–Crippen LogP) is 3.38. The third-order valence-corrected chi connectivity index (χ3v) is 4.33. The Morgan fingerprint density at radius 3 is 2.60 bits per heavy atom. The Balaban J connectivity index is 2.15. The van der Waals surface area contributed by atoms with Gasteiger partial charge in [-0.05, 0) is 64.4 Å². The molecule has 20 heavy (non-hydrogen) atoms. The summed E-state index contributed by atoms with van der Waals surface area (Å²) in [5.74, 6) is 0.832. The minimum absolute atomic E-state index is 0.245. The predicted molar refractivity (Wildman–Crippen MR) is 82.1 cm³/mol. The second-order valence-electron chi connectivity index (χ2n) is 6.11. The molecule has 0 spiro atoms. The van der Waals surface area contributed by atoms with Gasteiger partial charge in [-0.15, -0.1) is 0 Å². The smallest absolute Gasteiger partial charge is 0.119 e. The number of benzene rings is 1. The Hall–Kier alpha value is -1.06. The quantitative estimate of drug-likeness (QED) is 0.895. The average molecular weight is 277 g/mol. The second kappa shape index (κ2) is 6.59. The zero-order valence-electron chi connectivity index (χ0n) is 12.9. The van der Waals surface area contributed by atoms with E-state index in [9.17, 15) is 5.11 Å². The van der Waals surface area contributed by atoms with Crippen LogP contribution in [-0.2, 0) is 0 Å². The van der Waals surface area contributed by atoms with Crippen molar-refractivity contribution in [3.05, 3.63) is 29.8 Å². The number of piperidine rings is 1. The molecule has 3 heteroatoms. The van der Waals surface area contributed by atoms with Crippen LogP contribution in [0.4, 0.5) is 0 Å². The minimum atomic E-state index is -0.499. The molecule has 1 unspecified atom stereocenters. The molecule has 1 aromatic carbocycles. The lowest BCUT2D eigenvalue weighted by Gasteiger charge is -2.44. The SMILES string of the molecule is CCOc1cccc(C(O)C(C)(C)N2CCCCC2)c1. The molecule has 0 saturated carbocycles. The van der Waals surface area contributed by atoms with Crippen LogP contribution in [0.3, 0.4) is 0 Å². The first-order chi connectivity index (χ1) is 9.55. The molecule has 1 atom stereocenters. The lowest BCUT2D eigenvalue weighted by atomic mass is 9.88. The molecule has 1 aromatic rings. The van der Waals surface area contributed by atoms with Gasteiger partial charge in [0.1, 0.15) is 5.75 Å².